The van der Waals surface area contributed by atoms with Crippen LogP contribution in [-0.2, 0) is 4.79 Å². The lowest BCUT2D eigenvalue weighted by molar-refractivity contribution is -0.118. The monoisotopic (exact) mass is 405 g/mol. The second-order valence-corrected chi connectivity index (χ2v) is 8.56. The molecule has 0 bridgehead atoms. The highest BCUT2D eigenvalue weighted by molar-refractivity contribution is 7.28. The molecule has 0 aliphatic carbocycles. The molecular weight excluding hydrogens is 390 g/mol. The molecule has 0 saturated carbocycles. The molecule has 5 rings (SSSR count). The van der Waals surface area contributed by atoms with Crippen molar-refractivity contribution in [2.45, 2.75) is 6.92 Å². The zero-order valence-corrected chi connectivity index (χ0v) is 16.6. The summed E-state index contributed by atoms with van der Waals surface area (Å²) in [5.74, 6) is 0.434. The first-order valence-electron chi connectivity index (χ1n) is 8.74. The summed E-state index contributed by atoms with van der Waals surface area (Å²) in [5, 5.41) is 6.64. The quantitative estimate of drug-likeness (QED) is 0.436. The third-order valence-electron chi connectivity index (χ3n) is 4.36. The van der Waals surface area contributed by atoms with Crippen LogP contribution in [0.3, 0.4) is 0 Å². The second-order valence-electron chi connectivity index (χ2n) is 6.36. The van der Waals surface area contributed by atoms with Gasteiger partial charge in [-0.05, 0) is 42.0 Å². The van der Waals surface area contributed by atoms with Gasteiger partial charge in [0.15, 0.2) is 11.7 Å². The van der Waals surface area contributed by atoms with Gasteiger partial charge in [0.05, 0.1) is 25.4 Å². The fourth-order valence-electron chi connectivity index (χ4n) is 3.10. The third kappa shape index (κ3) is 3.19. The van der Waals surface area contributed by atoms with Crippen molar-refractivity contribution < 1.29 is 9.53 Å². The SMILES string of the molecule is Cc1nc2ccc3nc(NC(=O)COc4ccc5ccccc5c4)sc3c2s1. The molecule has 0 aliphatic rings. The predicted octanol–water partition coefficient (Wildman–Crippen LogP) is 5.39. The zero-order chi connectivity index (χ0) is 19.1. The molecular formula is C21H15N3O2S2. The molecule has 138 valence electrons. The molecule has 1 amide bonds. The van der Waals surface area contributed by atoms with Crippen molar-refractivity contribution in [2.75, 3.05) is 11.9 Å². The van der Waals surface area contributed by atoms with Crippen LogP contribution < -0.4 is 10.1 Å². The second kappa shape index (κ2) is 6.85. The molecule has 0 fully saturated rings. The Kier molecular flexibility index (Phi) is 4.18. The number of ether oxygens (including phenoxy) is 1. The third-order valence-corrected chi connectivity index (χ3v) is 6.49. The molecule has 1 N–H and O–H groups in total. The van der Waals surface area contributed by atoms with Gasteiger partial charge in [-0.2, -0.15) is 0 Å². The van der Waals surface area contributed by atoms with Gasteiger partial charge in [0.1, 0.15) is 5.75 Å². The maximum Gasteiger partial charge on any atom is 0.264 e. The van der Waals surface area contributed by atoms with Crippen LogP contribution in [0, 0.1) is 6.92 Å². The number of benzene rings is 3. The number of thiazole rings is 2. The van der Waals surface area contributed by atoms with E-state index in [-0.39, 0.29) is 12.5 Å². The summed E-state index contributed by atoms with van der Waals surface area (Å²) in [7, 11) is 0. The lowest BCUT2D eigenvalue weighted by atomic mass is 10.1. The number of rotatable bonds is 4. The highest BCUT2D eigenvalue weighted by atomic mass is 32.1. The Morgan fingerprint density at radius 1 is 0.964 bits per heavy atom. The van der Waals surface area contributed by atoms with Crippen LogP contribution in [0.25, 0.3) is 31.2 Å². The Labute approximate surface area is 168 Å². The first-order valence-corrected chi connectivity index (χ1v) is 10.4. The van der Waals surface area contributed by atoms with Crippen molar-refractivity contribution in [3.8, 4) is 5.75 Å². The number of fused-ring (bicyclic) bond motifs is 4. The average Bonchev–Trinajstić information content (AvgIpc) is 3.28. The van der Waals surface area contributed by atoms with Gasteiger partial charge in [-0.3, -0.25) is 10.1 Å². The van der Waals surface area contributed by atoms with Gasteiger partial charge >= 0.3 is 0 Å². The molecule has 0 atom stereocenters. The van der Waals surface area contributed by atoms with E-state index in [2.05, 4.69) is 15.3 Å². The molecule has 2 aromatic heterocycles. The number of nitrogens with one attached hydrogen (secondary N) is 1. The number of amides is 1. The van der Waals surface area contributed by atoms with Crippen molar-refractivity contribution in [3.63, 3.8) is 0 Å². The van der Waals surface area contributed by atoms with Crippen LogP contribution >= 0.6 is 22.7 Å². The topological polar surface area (TPSA) is 64.1 Å². The van der Waals surface area contributed by atoms with Gasteiger partial charge in [0.2, 0.25) is 0 Å². The van der Waals surface area contributed by atoms with Crippen LogP contribution in [0.15, 0.2) is 54.6 Å². The minimum absolute atomic E-state index is 0.0661. The summed E-state index contributed by atoms with van der Waals surface area (Å²) in [6.07, 6.45) is 0. The number of aryl methyl sites for hydroxylation is 1. The normalized spacial score (nSPS) is 11.3. The summed E-state index contributed by atoms with van der Waals surface area (Å²) in [6.45, 7) is 1.92. The molecule has 5 aromatic rings. The van der Waals surface area contributed by atoms with E-state index in [4.69, 9.17) is 4.74 Å². The van der Waals surface area contributed by atoms with Crippen molar-refractivity contribution >= 4 is 64.9 Å². The van der Waals surface area contributed by atoms with Crippen molar-refractivity contribution in [1.82, 2.24) is 9.97 Å². The van der Waals surface area contributed by atoms with E-state index in [1.165, 1.54) is 11.3 Å². The molecule has 0 radical (unpaired) electrons. The van der Waals surface area contributed by atoms with Crippen LogP contribution in [0.1, 0.15) is 5.01 Å². The highest BCUT2D eigenvalue weighted by Gasteiger charge is 2.13. The smallest absolute Gasteiger partial charge is 0.264 e. The molecule has 5 nitrogen and oxygen atoms in total. The standard InChI is InChI=1S/C21H15N3O2S2/c1-12-22-16-8-9-17-20(19(16)27-12)28-21(23-17)24-18(25)11-26-15-7-6-13-4-2-3-5-14(13)10-15/h2-10H,11H2,1H3,(H,23,24,25). The van der Waals surface area contributed by atoms with Crippen LogP contribution in [-0.4, -0.2) is 22.5 Å². The van der Waals surface area contributed by atoms with Crippen LogP contribution in [0.5, 0.6) is 5.75 Å². The number of hydrogen-bond donors (Lipinski definition) is 1. The minimum atomic E-state index is -0.232. The van der Waals surface area contributed by atoms with Crippen molar-refractivity contribution in [1.29, 1.82) is 0 Å². The van der Waals surface area contributed by atoms with Gasteiger partial charge < -0.3 is 4.74 Å². The van der Waals surface area contributed by atoms with Crippen LogP contribution in [0.4, 0.5) is 5.13 Å². The molecule has 2 heterocycles. The fraction of sp³-hybridized carbons (Fsp3) is 0.0952. The first-order chi connectivity index (χ1) is 13.7. The summed E-state index contributed by atoms with van der Waals surface area (Å²) < 4.78 is 7.81. The molecule has 0 spiro atoms. The van der Waals surface area contributed by atoms with Gasteiger partial charge in [-0.25, -0.2) is 9.97 Å². The maximum atomic E-state index is 12.3. The van der Waals surface area contributed by atoms with E-state index in [1.54, 1.807) is 11.3 Å². The Morgan fingerprint density at radius 2 is 1.71 bits per heavy atom. The average molecular weight is 406 g/mol. The fourth-order valence-corrected chi connectivity index (χ4v) is 5.12. The van der Waals surface area contributed by atoms with Gasteiger partial charge in [-0.1, -0.05) is 41.7 Å². The Morgan fingerprint density at radius 3 is 2.57 bits per heavy atom. The molecule has 28 heavy (non-hydrogen) atoms. The molecule has 0 unspecified atom stereocenters. The predicted molar refractivity (Wildman–Crippen MR) is 116 cm³/mol. The van der Waals surface area contributed by atoms with Gasteiger partial charge in [0, 0.05) is 0 Å². The Balaban J connectivity index is 1.31. The number of carbonyl (C=O) groups excluding carboxylic acids is 1. The highest BCUT2D eigenvalue weighted by Crippen LogP contribution is 2.35. The van der Waals surface area contributed by atoms with E-state index in [0.717, 1.165) is 36.2 Å². The number of anilines is 1. The van der Waals surface area contributed by atoms with Crippen LogP contribution in [0.2, 0.25) is 0 Å². The van der Waals surface area contributed by atoms with Crippen molar-refractivity contribution in [3.05, 3.63) is 59.6 Å². The number of carbonyl (C=O) groups is 1. The Bertz CT molecular complexity index is 1340. The van der Waals surface area contributed by atoms with E-state index in [1.807, 2.05) is 61.5 Å². The minimum Gasteiger partial charge on any atom is -0.484 e. The zero-order valence-electron chi connectivity index (χ0n) is 14.9. The van der Waals surface area contributed by atoms with Gasteiger partial charge in [0.25, 0.3) is 5.91 Å². The molecule has 0 saturated heterocycles. The van der Waals surface area contributed by atoms with Gasteiger partial charge in [-0.15, -0.1) is 11.3 Å². The van der Waals surface area contributed by atoms with E-state index in [0.29, 0.717) is 10.9 Å². The lowest BCUT2D eigenvalue weighted by Crippen LogP contribution is -2.19. The Hall–Kier alpha value is -3.03. The number of aromatic nitrogens is 2. The molecule has 3 aromatic carbocycles. The lowest BCUT2D eigenvalue weighted by Gasteiger charge is -2.07. The van der Waals surface area contributed by atoms with E-state index in [9.17, 15) is 4.79 Å². The molecule has 7 heteroatoms. The summed E-state index contributed by atoms with van der Waals surface area (Å²) in [6, 6.07) is 17.7. The summed E-state index contributed by atoms with van der Waals surface area (Å²) in [5.41, 5.74) is 1.84. The van der Waals surface area contributed by atoms with E-state index < -0.39 is 0 Å². The first kappa shape index (κ1) is 17.1. The maximum absolute atomic E-state index is 12.3. The number of nitrogens with zero attached hydrogens (tertiary/aromatic N) is 2. The molecule has 0 aliphatic heterocycles. The van der Waals surface area contributed by atoms with E-state index >= 15 is 0 Å². The summed E-state index contributed by atoms with van der Waals surface area (Å²) >= 11 is 3.11. The summed E-state index contributed by atoms with van der Waals surface area (Å²) in [4.78, 5) is 21.3. The van der Waals surface area contributed by atoms with Crippen molar-refractivity contribution in [2.24, 2.45) is 0 Å². The largest absolute Gasteiger partial charge is 0.484 e. The number of hydrogen-bond acceptors (Lipinski definition) is 6.